The topological polar surface area (TPSA) is 32.8 Å². The van der Waals surface area contributed by atoms with Crippen molar-refractivity contribution in [3.63, 3.8) is 0 Å². The largest absolute Gasteiger partial charge is 0.467 e. The molecule has 1 saturated heterocycles. The summed E-state index contributed by atoms with van der Waals surface area (Å²) in [4.78, 5) is 19.0. The van der Waals surface area contributed by atoms with E-state index in [1.54, 1.807) is 0 Å². The predicted molar refractivity (Wildman–Crippen MR) is 155 cm³/mol. The maximum atomic E-state index is 14.2. The van der Waals surface area contributed by atoms with Crippen molar-refractivity contribution in [3.05, 3.63) is 129 Å². The third kappa shape index (κ3) is 3.80. The fourth-order valence-electron chi connectivity index (χ4n) is 6.26. The molecule has 0 aliphatic carbocycles. The summed E-state index contributed by atoms with van der Waals surface area (Å²) in [6, 6.07) is 35.2. The molecular formula is C31H26Br2N2O2. The number of carbonyl (C=O) groups is 1. The number of rotatable bonds is 5. The second-order valence-electron chi connectivity index (χ2n) is 9.53. The van der Waals surface area contributed by atoms with Gasteiger partial charge in [-0.1, -0.05) is 98.6 Å². The highest BCUT2D eigenvalue weighted by molar-refractivity contribution is 9.10. The minimum absolute atomic E-state index is 0.0625. The molecule has 0 radical (unpaired) electrons. The molecule has 0 spiro atoms. The number of carbonyl (C=O) groups excluding carboxylic acids is 1. The van der Waals surface area contributed by atoms with Crippen LogP contribution in [0.25, 0.3) is 0 Å². The number of ether oxygens (including phenoxy) is 1. The Labute approximate surface area is 234 Å². The summed E-state index contributed by atoms with van der Waals surface area (Å²) < 4.78 is 7.66. The van der Waals surface area contributed by atoms with Gasteiger partial charge in [-0.2, -0.15) is 0 Å². The molecule has 6 rings (SSSR count). The maximum absolute atomic E-state index is 14.2. The van der Waals surface area contributed by atoms with Crippen LogP contribution in [-0.2, 0) is 21.6 Å². The standard InChI is InChI=1S/C31H26Br2N2O2/c1-37-30(36)31(22-11-6-3-7-12-22)25-19-28(35(31)24-17-15-23(32)16-18-24)34(20-21-9-4-2-5-10-21)27-14-8-13-26(33)29(25)27/h2-18,25,28H,19-20H2,1H3/t25-,28+,31+/m1/s1. The van der Waals surface area contributed by atoms with Crippen LogP contribution >= 0.6 is 31.9 Å². The number of fused-ring (bicyclic) bond motifs is 5. The van der Waals surface area contributed by atoms with Crippen LogP contribution < -0.4 is 9.80 Å². The summed E-state index contributed by atoms with van der Waals surface area (Å²) in [5, 5.41) is 0. The van der Waals surface area contributed by atoms with Crippen molar-refractivity contribution >= 4 is 49.2 Å². The molecule has 0 unspecified atom stereocenters. The summed E-state index contributed by atoms with van der Waals surface area (Å²) in [5.41, 5.74) is 4.37. The summed E-state index contributed by atoms with van der Waals surface area (Å²) in [6.45, 7) is 0.723. The monoisotopic (exact) mass is 616 g/mol. The Hall–Kier alpha value is -3.09. The number of anilines is 2. The molecule has 37 heavy (non-hydrogen) atoms. The summed E-state index contributed by atoms with van der Waals surface area (Å²) in [7, 11) is 1.50. The van der Waals surface area contributed by atoms with Crippen LogP contribution in [0.4, 0.5) is 11.4 Å². The SMILES string of the molecule is COC(=O)[C@]1(c2ccccc2)[C@@H]2C[C@@H](N(Cc3ccccc3)c3cccc(Br)c32)N1c1ccc(Br)cc1. The molecule has 0 saturated carbocycles. The van der Waals surface area contributed by atoms with E-state index in [9.17, 15) is 4.79 Å². The molecule has 2 bridgehead atoms. The molecule has 4 aromatic carbocycles. The van der Waals surface area contributed by atoms with Gasteiger partial charge in [-0.3, -0.25) is 0 Å². The zero-order valence-electron chi connectivity index (χ0n) is 20.4. The van der Waals surface area contributed by atoms with Crippen LogP contribution in [0.15, 0.2) is 112 Å². The maximum Gasteiger partial charge on any atom is 0.337 e. The number of nitrogens with zero attached hydrogens (tertiary/aromatic N) is 2. The highest BCUT2D eigenvalue weighted by Crippen LogP contribution is 2.61. The zero-order chi connectivity index (χ0) is 25.6. The van der Waals surface area contributed by atoms with E-state index in [2.05, 4.69) is 108 Å². The van der Waals surface area contributed by atoms with Crippen molar-refractivity contribution < 1.29 is 9.53 Å². The van der Waals surface area contributed by atoms with Gasteiger partial charge in [-0.15, -0.1) is 0 Å². The Balaban J connectivity index is 1.66. The van der Waals surface area contributed by atoms with Crippen molar-refractivity contribution in [2.75, 3.05) is 16.9 Å². The van der Waals surface area contributed by atoms with Gasteiger partial charge in [0.2, 0.25) is 0 Å². The van der Waals surface area contributed by atoms with Crippen molar-refractivity contribution in [1.29, 1.82) is 0 Å². The van der Waals surface area contributed by atoms with E-state index >= 15 is 0 Å². The number of esters is 1. The summed E-state index contributed by atoms with van der Waals surface area (Å²) in [5.74, 6) is -0.369. The normalized spacial score (nSPS) is 22.0. The number of halogens is 2. The molecule has 2 aliphatic rings. The molecule has 0 amide bonds. The second-order valence-corrected chi connectivity index (χ2v) is 11.3. The van der Waals surface area contributed by atoms with E-state index in [4.69, 9.17) is 4.74 Å². The Morgan fingerprint density at radius 2 is 1.57 bits per heavy atom. The number of hydrogen-bond donors (Lipinski definition) is 0. The lowest BCUT2D eigenvalue weighted by Gasteiger charge is -2.44. The van der Waals surface area contributed by atoms with Crippen molar-refractivity contribution in [1.82, 2.24) is 0 Å². The second kappa shape index (κ2) is 9.66. The first-order chi connectivity index (χ1) is 18.1. The van der Waals surface area contributed by atoms with E-state index in [0.29, 0.717) is 0 Å². The van der Waals surface area contributed by atoms with Crippen LogP contribution in [0.3, 0.4) is 0 Å². The predicted octanol–water partition coefficient (Wildman–Crippen LogP) is 7.62. The van der Waals surface area contributed by atoms with E-state index in [1.807, 2.05) is 36.4 Å². The van der Waals surface area contributed by atoms with Crippen molar-refractivity contribution in [2.24, 2.45) is 0 Å². The summed E-state index contributed by atoms with van der Waals surface area (Å²) >= 11 is 7.46. The minimum Gasteiger partial charge on any atom is -0.467 e. The molecule has 6 heteroatoms. The first-order valence-electron chi connectivity index (χ1n) is 12.3. The Morgan fingerprint density at radius 3 is 2.24 bits per heavy atom. The first-order valence-corrected chi connectivity index (χ1v) is 13.9. The molecule has 0 N–H and O–H groups in total. The van der Waals surface area contributed by atoms with Gasteiger partial charge in [0.1, 0.15) is 6.17 Å². The van der Waals surface area contributed by atoms with Gasteiger partial charge in [-0.25, -0.2) is 4.79 Å². The first kappa shape index (κ1) is 24.3. The van der Waals surface area contributed by atoms with Crippen LogP contribution in [0.1, 0.15) is 29.0 Å². The third-order valence-electron chi connectivity index (χ3n) is 7.69. The van der Waals surface area contributed by atoms with E-state index in [-0.39, 0.29) is 18.1 Å². The van der Waals surface area contributed by atoms with Crippen molar-refractivity contribution in [2.45, 2.75) is 30.6 Å². The highest BCUT2D eigenvalue weighted by Gasteiger charge is 2.64. The Bertz CT molecular complexity index is 1430. The van der Waals surface area contributed by atoms with Gasteiger partial charge in [0.25, 0.3) is 0 Å². The van der Waals surface area contributed by atoms with Gasteiger partial charge >= 0.3 is 5.97 Å². The van der Waals surface area contributed by atoms with Gasteiger partial charge in [0, 0.05) is 32.8 Å². The molecule has 4 nitrogen and oxygen atoms in total. The van der Waals surface area contributed by atoms with Crippen LogP contribution in [0.2, 0.25) is 0 Å². The van der Waals surface area contributed by atoms with Gasteiger partial charge in [-0.05, 0) is 59.5 Å². The number of benzene rings is 4. The van der Waals surface area contributed by atoms with E-state index in [1.165, 1.54) is 12.7 Å². The van der Waals surface area contributed by atoms with Crippen LogP contribution in [0, 0.1) is 0 Å². The lowest BCUT2D eigenvalue weighted by Crippen LogP contribution is -2.56. The molecule has 2 aliphatic heterocycles. The summed E-state index contributed by atoms with van der Waals surface area (Å²) in [6.07, 6.45) is 0.718. The third-order valence-corrected chi connectivity index (χ3v) is 8.91. The quantitative estimate of drug-likeness (QED) is 0.216. The van der Waals surface area contributed by atoms with Crippen LogP contribution in [0.5, 0.6) is 0 Å². The van der Waals surface area contributed by atoms with E-state index < -0.39 is 5.54 Å². The van der Waals surface area contributed by atoms with Gasteiger partial charge in [0.15, 0.2) is 5.54 Å². The highest BCUT2D eigenvalue weighted by atomic mass is 79.9. The number of hydrogen-bond acceptors (Lipinski definition) is 4. The lowest BCUT2D eigenvalue weighted by atomic mass is 9.73. The zero-order valence-corrected chi connectivity index (χ0v) is 23.5. The van der Waals surface area contributed by atoms with Gasteiger partial charge in [0.05, 0.1) is 7.11 Å². The number of methoxy groups -OCH3 is 1. The molecule has 0 aromatic heterocycles. The molecule has 186 valence electrons. The molecular weight excluding hydrogens is 592 g/mol. The minimum atomic E-state index is -1.04. The average Bonchev–Trinajstić information content (AvgIpc) is 3.24. The Morgan fingerprint density at radius 1 is 0.892 bits per heavy atom. The van der Waals surface area contributed by atoms with E-state index in [0.717, 1.165) is 44.4 Å². The van der Waals surface area contributed by atoms with Crippen molar-refractivity contribution in [3.8, 4) is 0 Å². The Kier molecular flexibility index (Phi) is 6.33. The van der Waals surface area contributed by atoms with Gasteiger partial charge < -0.3 is 14.5 Å². The lowest BCUT2D eigenvalue weighted by molar-refractivity contribution is -0.148. The van der Waals surface area contributed by atoms with Crippen LogP contribution in [-0.4, -0.2) is 19.2 Å². The fourth-order valence-corrected chi connectivity index (χ4v) is 7.16. The molecule has 3 atom stereocenters. The molecule has 1 fully saturated rings. The average molecular weight is 618 g/mol. The fraction of sp³-hybridized carbons (Fsp3) is 0.194. The molecule has 4 aromatic rings. The molecule has 2 heterocycles. The smallest absolute Gasteiger partial charge is 0.337 e.